The molecule has 0 aromatic carbocycles. The molecule has 13 heteroatoms. The Hall–Kier alpha value is -0.780. The highest BCUT2D eigenvalue weighted by Gasteiger charge is 2.72. The van der Waals surface area contributed by atoms with E-state index in [4.69, 9.17) is 18.9 Å². The molecule has 13 nitrogen and oxygen atoms in total. The molecule has 55 heavy (non-hydrogen) atoms. The quantitative estimate of drug-likeness (QED) is 0.115. The minimum absolute atomic E-state index is 0.109. The van der Waals surface area contributed by atoms with Crippen molar-refractivity contribution in [3.63, 3.8) is 0 Å². The van der Waals surface area contributed by atoms with Crippen LogP contribution in [0.2, 0.25) is 0 Å². The van der Waals surface area contributed by atoms with Crippen LogP contribution in [0.5, 0.6) is 0 Å². The Kier molecular flexibility index (Phi) is 12.5. The Labute approximate surface area is 327 Å². The van der Waals surface area contributed by atoms with Crippen LogP contribution in [0.1, 0.15) is 113 Å². The SMILES string of the molecule is CC(C)=CCC[C@](C)(O)[C@H]1CC[C@@]2(C)[C@H]1[C@H](O[C@@H]1O[C@H](CO)[C@@H](O)[C@H](O)[C@H]1O)C[C@@H]1[C@@]3(C)CC[C@H](O[C@@H]4O[C@H](CO)[C@@H](O)[C@H](O)[C@H]4O)C(C)(C)C3CC[C@]12C. The molecule has 4 aliphatic carbocycles. The lowest BCUT2D eigenvalue weighted by molar-refractivity contribution is -0.342. The summed E-state index contributed by atoms with van der Waals surface area (Å²) in [6.07, 6.45) is -5.51. The second kappa shape index (κ2) is 15.7. The van der Waals surface area contributed by atoms with Gasteiger partial charge in [-0.05, 0) is 124 Å². The molecule has 6 rings (SSSR count). The summed E-state index contributed by atoms with van der Waals surface area (Å²) in [6.45, 7) is 16.5. The third-order valence-corrected chi connectivity index (χ3v) is 16.6. The molecule has 0 amide bonds. The lowest BCUT2D eigenvalue weighted by Gasteiger charge is -2.71. The maximum Gasteiger partial charge on any atom is 0.186 e. The normalized spacial score (nSPS) is 52.0. The average Bonchev–Trinajstić information content (AvgIpc) is 3.50. The topological polar surface area (TPSA) is 219 Å². The standard InChI is InChI=1S/C42H72O13/c1-21(2)10-9-14-42(8,51)22-11-16-41(7)29(22)23(52-36-34(49)32(47)30(45)24(19-43)53-36)18-27-39(5)15-13-28(38(3,4)26(39)12-17-40(27,41)6)55-37-35(50)33(48)31(46)25(20-44)54-37/h10,22-37,43-51H,9,11-20H2,1-8H3/t22-,23+,24+,25+,26?,27+,28-,29+,30+,31+,32-,33-,34+,35+,36+,37-,39-,40+,41-,42-/m0/s1. The van der Waals surface area contributed by atoms with Crippen molar-refractivity contribution in [1.29, 1.82) is 0 Å². The van der Waals surface area contributed by atoms with Gasteiger partial charge in [-0.15, -0.1) is 0 Å². The van der Waals surface area contributed by atoms with Gasteiger partial charge in [0.2, 0.25) is 0 Å². The molecule has 2 saturated heterocycles. The van der Waals surface area contributed by atoms with E-state index in [2.05, 4.69) is 54.5 Å². The highest BCUT2D eigenvalue weighted by atomic mass is 16.7. The summed E-state index contributed by atoms with van der Waals surface area (Å²) in [7, 11) is 0. The van der Waals surface area contributed by atoms with Gasteiger partial charge < -0.3 is 64.9 Å². The van der Waals surface area contributed by atoms with E-state index in [9.17, 15) is 46.0 Å². The van der Waals surface area contributed by atoms with E-state index in [1.54, 1.807) is 0 Å². The number of aliphatic hydroxyl groups excluding tert-OH is 8. The smallest absolute Gasteiger partial charge is 0.186 e. The van der Waals surface area contributed by atoms with Gasteiger partial charge in [0.15, 0.2) is 12.6 Å². The van der Waals surface area contributed by atoms with Crippen molar-refractivity contribution < 1.29 is 64.9 Å². The molecule has 0 spiro atoms. The summed E-state index contributed by atoms with van der Waals surface area (Å²) in [6, 6.07) is 0. The maximum atomic E-state index is 12.3. The molecule has 9 N–H and O–H groups in total. The summed E-state index contributed by atoms with van der Waals surface area (Å²) in [5.41, 5.74) is -0.847. The van der Waals surface area contributed by atoms with Gasteiger partial charge in [0.05, 0.1) is 31.0 Å². The van der Waals surface area contributed by atoms with Crippen LogP contribution in [-0.2, 0) is 18.9 Å². The number of hydrogen-bond donors (Lipinski definition) is 9. The Morgan fingerprint density at radius 1 is 0.709 bits per heavy atom. The number of ether oxygens (including phenoxy) is 4. The highest BCUT2D eigenvalue weighted by molar-refractivity contribution is 5.20. The van der Waals surface area contributed by atoms with Gasteiger partial charge in [-0.1, -0.05) is 46.3 Å². The average molecular weight is 785 g/mol. The molecule has 6 fully saturated rings. The predicted molar refractivity (Wildman–Crippen MR) is 201 cm³/mol. The molecule has 6 aliphatic rings. The van der Waals surface area contributed by atoms with Crippen LogP contribution < -0.4 is 0 Å². The Morgan fingerprint density at radius 2 is 1.25 bits per heavy atom. The first-order valence-corrected chi connectivity index (χ1v) is 20.9. The van der Waals surface area contributed by atoms with E-state index >= 15 is 0 Å². The second-order valence-electron chi connectivity index (χ2n) is 20.1. The van der Waals surface area contributed by atoms with E-state index in [0.29, 0.717) is 19.3 Å². The number of rotatable bonds is 10. The lowest BCUT2D eigenvalue weighted by Crippen LogP contribution is -2.68. The largest absolute Gasteiger partial charge is 0.394 e. The Bertz CT molecular complexity index is 1370. The van der Waals surface area contributed by atoms with Crippen molar-refractivity contribution >= 4 is 0 Å². The number of fused-ring (bicyclic) bond motifs is 5. The van der Waals surface area contributed by atoms with Crippen LogP contribution in [0.4, 0.5) is 0 Å². The van der Waals surface area contributed by atoms with Crippen LogP contribution in [0.15, 0.2) is 11.6 Å². The van der Waals surface area contributed by atoms with Crippen molar-refractivity contribution in [2.24, 2.45) is 45.3 Å². The fourth-order valence-electron chi connectivity index (χ4n) is 13.3. The Morgan fingerprint density at radius 3 is 1.80 bits per heavy atom. The summed E-state index contributed by atoms with van der Waals surface area (Å²) in [5, 5.41) is 96.4. The van der Waals surface area contributed by atoms with E-state index in [1.165, 1.54) is 5.57 Å². The number of hydrogen-bond acceptors (Lipinski definition) is 13. The lowest BCUT2D eigenvalue weighted by atomic mass is 9.35. The van der Waals surface area contributed by atoms with E-state index < -0.39 is 91.7 Å². The number of aliphatic hydroxyl groups is 9. The fraction of sp³-hybridized carbons (Fsp3) is 0.952. The zero-order valence-corrected chi connectivity index (χ0v) is 34.3. The molecule has 318 valence electrons. The van der Waals surface area contributed by atoms with Crippen LogP contribution in [0.25, 0.3) is 0 Å². The van der Waals surface area contributed by atoms with Gasteiger partial charge in [-0.25, -0.2) is 0 Å². The van der Waals surface area contributed by atoms with Gasteiger partial charge >= 0.3 is 0 Å². The molecule has 1 unspecified atom stereocenters. The van der Waals surface area contributed by atoms with Crippen molar-refractivity contribution in [3.05, 3.63) is 11.6 Å². The summed E-state index contributed by atoms with van der Waals surface area (Å²) in [5.74, 6) is 0.0816. The van der Waals surface area contributed by atoms with E-state index in [1.807, 2.05) is 6.92 Å². The first-order chi connectivity index (χ1) is 25.6. The molecule has 2 aliphatic heterocycles. The minimum atomic E-state index is -1.57. The van der Waals surface area contributed by atoms with Crippen molar-refractivity contribution in [2.75, 3.05) is 13.2 Å². The molecule has 4 saturated carbocycles. The maximum absolute atomic E-state index is 12.3. The van der Waals surface area contributed by atoms with Crippen LogP contribution in [0.3, 0.4) is 0 Å². The molecular formula is C42H72O13. The molecule has 2 heterocycles. The molecular weight excluding hydrogens is 712 g/mol. The molecule has 20 atom stereocenters. The molecule has 0 bridgehead atoms. The first kappa shape index (κ1) is 43.8. The molecule has 0 aromatic heterocycles. The van der Waals surface area contributed by atoms with Crippen molar-refractivity contribution in [1.82, 2.24) is 0 Å². The van der Waals surface area contributed by atoms with E-state index in [-0.39, 0.29) is 46.0 Å². The summed E-state index contributed by atoms with van der Waals surface area (Å²) < 4.78 is 25.2. The van der Waals surface area contributed by atoms with Crippen LogP contribution in [-0.4, -0.2) is 138 Å². The van der Waals surface area contributed by atoms with Gasteiger partial charge in [0, 0.05) is 0 Å². The summed E-state index contributed by atoms with van der Waals surface area (Å²) >= 11 is 0. The van der Waals surface area contributed by atoms with Gasteiger partial charge in [0.25, 0.3) is 0 Å². The monoisotopic (exact) mass is 784 g/mol. The van der Waals surface area contributed by atoms with Gasteiger partial charge in [-0.2, -0.15) is 0 Å². The van der Waals surface area contributed by atoms with Gasteiger partial charge in [0.1, 0.15) is 48.8 Å². The Balaban J connectivity index is 1.33. The van der Waals surface area contributed by atoms with Crippen LogP contribution >= 0.6 is 0 Å². The molecule has 0 radical (unpaired) electrons. The zero-order valence-electron chi connectivity index (χ0n) is 34.3. The predicted octanol–water partition coefficient (Wildman–Crippen LogP) is 2.15. The van der Waals surface area contributed by atoms with Crippen molar-refractivity contribution in [3.8, 4) is 0 Å². The fourth-order valence-corrected chi connectivity index (χ4v) is 13.3. The van der Waals surface area contributed by atoms with Gasteiger partial charge in [-0.3, -0.25) is 0 Å². The second-order valence-corrected chi connectivity index (χ2v) is 20.1. The van der Waals surface area contributed by atoms with E-state index in [0.717, 1.165) is 38.5 Å². The first-order valence-electron chi connectivity index (χ1n) is 20.9. The minimum Gasteiger partial charge on any atom is -0.394 e. The number of allylic oxidation sites excluding steroid dienone is 2. The van der Waals surface area contributed by atoms with Crippen LogP contribution in [0, 0.1) is 45.3 Å². The third-order valence-electron chi connectivity index (χ3n) is 16.6. The van der Waals surface area contributed by atoms with Crippen molar-refractivity contribution in [2.45, 2.75) is 192 Å². The summed E-state index contributed by atoms with van der Waals surface area (Å²) in [4.78, 5) is 0. The molecule has 0 aromatic rings. The highest BCUT2D eigenvalue weighted by Crippen LogP contribution is 2.76. The third kappa shape index (κ3) is 7.20. The zero-order chi connectivity index (χ0) is 40.6.